The number of aromatic amines is 2. The number of aryl methyl sites for hydroxylation is 4. The SMILES string of the molecule is CCC1=C(C)c2cc3[nH]c(cc4nc(c(C)c5cc(C)c(cc1n2)[nH]5)[C@@H](CCC(=O)N(C)CCCCCCCCCC[PH](c1ccccc1)(c1ccccc1)c1ccccc1)[C@@H]4C)c(C)c3CC. The van der Waals surface area contributed by atoms with E-state index in [9.17, 15) is 4.79 Å². The molecule has 0 radical (unpaired) electrons. The third-order valence-corrected chi connectivity index (χ3v) is 20.7. The summed E-state index contributed by atoms with van der Waals surface area (Å²) >= 11 is 0. The second kappa shape index (κ2) is 22.2. The van der Waals surface area contributed by atoms with Gasteiger partial charge in [-0.3, -0.25) is 9.78 Å². The molecule has 68 heavy (non-hydrogen) atoms. The molecular weight excluding hydrogens is 850 g/mol. The van der Waals surface area contributed by atoms with Gasteiger partial charge < -0.3 is 9.97 Å². The predicted molar refractivity (Wildman–Crippen MR) is 294 cm³/mol. The third kappa shape index (κ3) is 10.4. The van der Waals surface area contributed by atoms with Gasteiger partial charge in [-0.25, -0.2) is 4.98 Å². The molecule has 3 aromatic carbocycles. The average Bonchev–Trinajstić information content (AvgIpc) is 4.07. The maximum absolute atomic E-state index is 13.8. The van der Waals surface area contributed by atoms with Crippen molar-refractivity contribution < 1.29 is 4.79 Å². The minimum Gasteiger partial charge on any atom is -0.0612 e. The minimum atomic E-state index is -2.15. The first kappa shape index (κ1) is 48.9. The molecule has 7 heteroatoms. The molecule has 6 nitrogen and oxygen atoms in total. The van der Waals surface area contributed by atoms with Crippen molar-refractivity contribution in [1.29, 1.82) is 0 Å². The number of nitrogens with zero attached hydrogens (tertiary/aromatic N) is 3. The van der Waals surface area contributed by atoms with Crippen LogP contribution in [0, 0.1) is 20.8 Å². The molecule has 0 unspecified atom stereocenters. The topological polar surface area (TPSA) is 77.7 Å². The van der Waals surface area contributed by atoms with E-state index < -0.39 is 7.26 Å². The van der Waals surface area contributed by atoms with Crippen LogP contribution in [0.1, 0.15) is 155 Å². The number of carbonyl (C=O) groups is 1. The first-order valence-electron chi connectivity index (χ1n) is 25.9. The summed E-state index contributed by atoms with van der Waals surface area (Å²) in [6.07, 6.45) is 14.1. The largest absolute Gasteiger partial charge is 0.0612 e. The standard InChI is InChI=1S/C61H76N5OP/c1-9-50-44(5)56-41-59-51(10-2)43(4)55(63-59)40-57-45(6)52(61(65-57)46(7)54-38-42(3)53(62-54)39-58(50)64-56)34-35-60(67)66(8)36-26-15-13-11-12-14-16-27-37-68(47-28-20-17-21-29-47,48-30-22-18-23-31-48)49-32-24-19-25-33-49/h17-25,28-33,38-41,45,52,62-63,68H,9-16,26-27,34-37H2,1-8H3/t45-,52-/m0/s1. The Hall–Kier alpha value is -5.58. The summed E-state index contributed by atoms with van der Waals surface area (Å²) in [6.45, 7) is 16.4. The summed E-state index contributed by atoms with van der Waals surface area (Å²) in [5, 5.41) is 4.52. The third-order valence-electron chi connectivity index (χ3n) is 15.6. The first-order chi connectivity index (χ1) is 33.0. The zero-order valence-electron chi connectivity index (χ0n) is 42.3. The maximum Gasteiger partial charge on any atom is 0.00686 e. The Balaban J connectivity index is 0.873. The molecule has 0 fully saturated rings. The van der Waals surface area contributed by atoms with Crippen LogP contribution >= 0.6 is 7.26 Å². The molecule has 356 valence electrons. The van der Waals surface area contributed by atoms with E-state index in [0.717, 1.165) is 89.1 Å². The number of amides is 1. The van der Waals surface area contributed by atoms with E-state index in [1.54, 1.807) is 0 Å². The average molecular weight is 926 g/mol. The Bertz CT molecular complexity index is 2780. The molecule has 2 aliphatic heterocycles. The minimum absolute atomic E-state index is 0.138. The number of hydrogen-bond acceptors (Lipinski definition) is 3. The van der Waals surface area contributed by atoms with Crippen LogP contribution in [0.2, 0.25) is 0 Å². The van der Waals surface area contributed by atoms with Gasteiger partial charge in [0.05, 0.1) is 11.4 Å². The molecule has 0 aliphatic carbocycles. The van der Waals surface area contributed by atoms with E-state index >= 15 is 0 Å². The fraction of sp³-hybridized carbons (Fsp3) is 0.393. The molecule has 6 aromatic rings. The zero-order valence-corrected chi connectivity index (χ0v) is 43.3. The fourth-order valence-corrected chi connectivity index (χ4v) is 16.3. The van der Waals surface area contributed by atoms with Crippen molar-refractivity contribution in [1.82, 2.24) is 24.8 Å². The molecule has 2 aliphatic rings. The Morgan fingerprint density at radius 1 is 0.618 bits per heavy atom. The second-order valence-corrected chi connectivity index (χ2v) is 23.9. The smallest absolute Gasteiger partial charge is 0.00686 e. The monoisotopic (exact) mass is 926 g/mol. The summed E-state index contributed by atoms with van der Waals surface area (Å²) in [4.78, 5) is 33.9. The van der Waals surface area contributed by atoms with E-state index in [0.29, 0.717) is 6.42 Å². The van der Waals surface area contributed by atoms with Gasteiger partial charge in [0.1, 0.15) is 0 Å². The molecule has 8 rings (SSSR count). The van der Waals surface area contributed by atoms with Gasteiger partial charge in [0.25, 0.3) is 0 Å². The number of fused-ring (bicyclic) bond motifs is 8. The quantitative estimate of drug-likeness (QED) is 0.0627. The van der Waals surface area contributed by atoms with E-state index in [1.165, 1.54) is 88.4 Å². The van der Waals surface area contributed by atoms with Gasteiger partial charge in [-0.1, -0.05) is 20.8 Å². The van der Waals surface area contributed by atoms with Crippen molar-refractivity contribution in [2.24, 2.45) is 0 Å². The van der Waals surface area contributed by atoms with E-state index in [1.807, 2.05) is 11.9 Å². The van der Waals surface area contributed by atoms with Crippen molar-refractivity contribution in [2.45, 2.75) is 137 Å². The number of benzene rings is 3. The van der Waals surface area contributed by atoms with Crippen molar-refractivity contribution in [3.8, 4) is 0 Å². The number of aromatic nitrogens is 4. The van der Waals surface area contributed by atoms with Crippen LogP contribution in [0.15, 0.2) is 115 Å². The van der Waals surface area contributed by atoms with Crippen LogP contribution in [-0.4, -0.2) is 50.5 Å². The Morgan fingerprint density at radius 2 is 1.16 bits per heavy atom. The number of carbonyl (C=O) groups excluding carboxylic acids is 1. The number of unbranched alkanes of at least 4 members (excludes halogenated alkanes) is 7. The Labute approximate surface area is 407 Å². The molecule has 0 saturated carbocycles. The summed E-state index contributed by atoms with van der Waals surface area (Å²) in [7, 11) is -0.156. The van der Waals surface area contributed by atoms with Gasteiger partial charge in [-0.05, 0) is 105 Å². The van der Waals surface area contributed by atoms with Crippen molar-refractivity contribution in [2.75, 3.05) is 19.8 Å². The van der Waals surface area contributed by atoms with E-state index in [2.05, 4.69) is 174 Å². The predicted octanol–water partition coefficient (Wildman–Crippen LogP) is 14.1. The van der Waals surface area contributed by atoms with Gasteiger partial charge in [-0.15, -0.1) is 0 Å². The van der Waals surface area contributed by atoms with Crippen molar-refractivity contribution >= 4 is 62.3 Å². The van der Waals surface area contributed by atoms with Gasteiger partial charge >= 0.3 is 196 Å². The molecule has 2 atom stereocenters. The summed E-state index contributed by atoms with van der Waals surface area (Å²) in [5.41, 5.74) is 16.1. The molecule has 0 spiro atoms. The number of allylic oxidation sites excluding steroid dienone is 2. The van der Waals surface area contributed by atoms with Gasteiger partial charge in [0, 0.05) is 51.7 Å². The molecule has 2 N–H and O–H groups in total. The number of rotatable bonds is 19. The van der Waals surface area contributed by atoms with Crippen LogP contribution < -0.4 is 15.9 Å². The van der Waals surface area contributed by atoms with Crippen LogP contribution in [0.5, 0.6) is 0 Å². The van der Waals surface area contributed by atoms with Crippen LogP contribution in [0.25, 0.3) is 33.2 Å². The zero-order chi connectivity index (χ0) is 47.8. The second-order valence-electron chi connectivity index (χ2n) is 19.8. The Kier molecular flexibility index (Phi) is 16.0. The molecular formula is C61H76N5OP. The fourth-order valence-electron chi connectivity index (χ4n) is 11.4. The number of H-pyrrole nitrogens is 2. The first-order valence-corrected chi connectivity index (χ1v) is 28.1. The van der Waals surface area contributed by atoms with E-state index in [4.69, 9.17) is 9.97 Å². The van der Waals surface area contributed by atoms with Crippen LogP contribution in [0.4, 0.5) is 0 Å². The molecule has 8 bridgehead atoms. The summed E-state index contributed by atoms with van der Waals surface area (Å²) in [5.74, 6) is 0.542. The summed E-state index contributed by atoms with van der Waals surface area (Å²) < 4.78 is 0. The van der Waals surface area contributed by atoms with Crippen molar-refractivity contribution in [3.05, 3.63) is 160 Å². The Morgan fingerprint density at radius 3 is 1.75 bits per heavy atom. The van der Waals surface area contributed by atoms with E-state index in [-0.39, 0.29) is 17.7 Å². The maximum atomic E-state index is 13.8. The van der Waals surface area contributed by atoms with Gasteiger partial charge in [0.2, 0.25) is 0 Å². The molecule has 1 amide bonds. The van der Waals surface area contributed by atoms with Crippen LogP contribution in [-0.2, 0) is 11.2 Å². The normalized spacial score (nSPS) is 15.2. The summed E-state index contributed by atoms with van der Waals surface area (Å²) in [6, 6.07) is 42.9. The van der Waals surface area contributed by atoms with Crippen molar-refractivity contribution in [3.63, 3.8) is 0 Å². The van der Waals surface area contributed by atoms with Crippen LogP contribution in [0.3, 0.4) is 0 Å². The molecule has 5 heterocycles. The number of hydrogen-bond donors (Lipinski definition) is 2. The van der Waals surface area contributed by atoms with Gasteiger partial charge in [-0.2, -0.15) is 0 Å². The van der Waals surface area contributed by atoms with Gasteiger partial charge in [0.15, 0.2) is 0 Å². The molecule has 3 aromatic heterocycles. The molecule has 0 saturated heterocycles. The number of nitrogens with one attached hydrogen (secondary N) is 2.